The van der Waals surface area contributed by atoms with Gasteiger partial charge in [-0.1, -0.05) is 30.7 Å². The van der Waals surface area contributed by atoms with Crippen molar-refractivity contribution >= 4 is 0 Å². The molecule has 17 heavy (non-hydrogen) atoms. The van der Waals surface area contributed by atoms with Crippen molar-refractivity contribution in [3.8, 4) is 0 Å². The molecule has 96 valence electrons. The number of hydrogen-bond donors (Lipinski definition) is 1. The van der Waals surface area contributed by atoms with E-state index in [1.54, 1.807) is 6.08 Å². The smallest absolute Gasteiger partial charge is 0.104 e. The van der Waals surface area contributed by atoms with Crippen LogP contribution in [0.15, 0.2) is 35.7 Å². The third-order valence-electron chi connectivity index (χ3n) is 3.31. The second-order valence-electron chi connectivity index (χ2n) is 4.59. The number of allylic oxidation sites excluding steroid dienone is 6. The van der Waals surface area contributed by atoms with Gasteiger partial charge in [0.05, 0.1) is 0 Å². The van der Waals surface area contributed by atoms with Crippen molar-refractivity contribution in [2.75, 3.05) is 13.6 Å². The average Bonchev–Trinajstić information content (AvgIpc) is 2.31. The average molecular weight is 237 g/mol. The molecule has 0 aromatic rings. The van der Waals surface area contributed by atoms with E-state index in [0.717, 1.165) is 19.4 Å². The number of nitrogens with one attached hydrogen (secondary N) is 1. The maximum atomic E-state index is 13.2. The second-order valence-corrected chi connectivity index (χ2v) is 4.59. The van der Waals surface area contributed by atoms with Crippen molar-refractivity contribution in [3.05, 3.63) is 35.7 Å². The van der Waals surface area contributed by atoms with Gasteiger partial charge < -0.3 is 5.32 Å². The summed E-state index contributed by atoms with van der Waals surface area (Å²) in [7, 11) is 1.98. The molecule has 0 bridgehead atoms. The quantitative estimate of drug-likeness (QED) is 0.540. The number of rotatable bonds is 6. The lowest BCUT2D eigenvalue weighted by molar-refractivity contribution is 0.503. The Morgan fingerprint density at radius 2 is 2.06 bits per heavy atom. The lowest BCUT2D eigenvalue weighted by Gasteiger charge is -2.18. The van der Waals surface area contributed by atoms with Crippen LogP contribution in [0, 0.1) is 5.92 Å². The molecule has 1 aliphatic rings. The predicted molar refractivity (Wildman–Crippen MR) is 72.6 cm³/mol. The first kappa shape index (κ1) is 14.2. The summed E-state index contributed by atoms with van der Waals surface area (Å²) >= 11 is 0. The van der Waals surface area contributed by atoms with Gasteiger partial charge in [-0.3, -0.25) is 0 Å². The first-order valence-corrected chi connectivity index (χ1v) is 6.62. The summed E-state index contributed by atoms with van der Waals surface area (Å²) in [5.41, 5.74) is 1.37. The molecule has 0 aromatic carbocycles. The summed E-state index contributed by atoms with van der Waals surface area (Å²) in [6.07, 6.45) is 12.6. The molecule has 0 heterocycles. The molecule has 1 rings (SSSR count). The number of hydrogen-bond acceptors (Lipinski definition) is 1. The third-order valence-corrected chi connectivity index (χ3v) is 3.31. The summed E-state index contributed by atoms with van der Waals surface area (Å²) in [4.78, 5) is 0. The Kier molecular flexibility index (Phi) is 6.87. The Morgan fingerprint density at radius 1 is 1.29 bits per heavy atom. The van der Waals surface area contributed by atoms with Gasteiger partial charge in [0.2, 0.25) is 0 Å². The minimum atomic E-state index is -0.0384. The normalized spacial score (nSPS) is 26.1. The fraction of sp³-hybridized carbons (Fsp3) is 0.600. The van der Waals surface area contributed by atoms with E-state index in [9.17, 15) is 4.39 Å². The topological polar surface area (TPSA) is 12.0 Å². The largest absolute Gasteiger partial charge is 0.320 e. The van der Waals surface area contributed by atoms with Crippen molar-refractivity contribution in [2.45, 2.75) is 39.0 Å². The SMILES string of the molecule is CC[C@H](CCCNC)/C1=C/C=C(/F)C/C=C\C1. The van der Waals surface area contributed by atoms with Crippen LogP contribution in [0.25, 0.3) is 0 Å². The van der Waals surface area contributed by atoms with Crippen LogP contribution < -0.4 is 5.32 Å². The molecule has 1 nitrogen and oxygen atoms in total. The highest BCUT2D eigenvalue weighted by Crippen LogP contribution is 2.26. The Labute approximate surface area is 104 Å². The van der Waals surface area contributed by atoms with Crippen LogP contribution in [0.3, 0.4) is 0 Å². The van der Waals surface area contributed by atoms with E-state index >= 15 is 0 Å². The van der Waals surface area contributed by atoms with Crippen LogP contribution in [0.1, 0.15) is 39.0 Å². The maximum absolute atomic E-state index is 13.2. The Morgan fingerprint density at radius 3 is 2.76 bits per heavy atom. The Bertz CT molecular complexity index is 302. The van der Waals surface area contributed by atoms with Crippen LogP contribution in [0.2, 0.25) is 0 Å². The van der Waals surface area contributed by atoms with Crippen LogP contribution in [0.4, 0.5) is 4.39 Å². The highest BCUT2D eigenvalue weighted by molar-refractivity contribution is 5.22. The van der Waals surface area contributed by atoms with Crippen LogP contribution >= 0.6 is 0 Å². The van der Waals surface area contributed by atoms with E-state index < -0.39 is 0 Å². The molecule has 0 unspecified atom stereocenters. The second kappa shape index (κ2) is 8.24. The van der Waals surface area contributed by atoms with E-state index in [0.29, 0.717) is 12.3 Å². The molecule has 1 atom stereocenters. The first-order valence-electron chi connectivity index (χ1n) is 6.62. The molecule has 0 spiro atoms. The van der Waals surface area contributed by atoms with Gasteiger partial charge in [0, 0.05) is 6.42 Å². The summed E-state index contributed by atoms with van der Waals surface area (Å²) in [6.45, 7) is 3.28. The zero-order chi connectivity index (χ0) is 12.5. The lowest BCUT2D eigenvalue weighted by atomic mass is 9.88. The van der Waals surface area contributed by atoms with Crippen molar-refractivity contribution in [3.63, 3.8) is 0 Å². The lowest BCUT2D eigenvalue weighted by Crippen LogP contribution is -2.11. The van der Waals surface area contributed by atoms with E-state index in [2.05, 4.69) is 18.3 Å². The van der Waals surface area contributed by atoms with Crippen molar-refractivity contribution in [2.24, 2.45) is 5.92 Å². The van der Waals surface area contributed by atoms with E-state index in [1.807, 2.05) is 19.2 Å². The van der Waals surface area contributed by atoms with E-state index in [1.165, 1.54) is 18.4 Å². The molecule has 0 aliphatic heterocycles. The summed E-state index contributed by atoms with van der Waals surface area (Å²) in [5, 5.41) is 3.17. The standard InChI is InChI=1S/C15H24FN/c1-3-13(8-6-12-17-2)14-7-4-5-9-15(16)11-10-14/h4-5,10-11,13,17H,3,6-9,12H2,1-2H3/b5-4-,14-10+,15-11+/t13-/m1/s1. The highest BCUT2D eigenvalue weighted by atomic mass is 19.1. The summed E-state index contributed by atoms with van der Waals surface area (Å²) in [6, 6.07) is 0. The van der Waals surface area contributed by atoms with Gasteiger partial charge in [-0.2, -0.15) is 0 Å². The molecular formula is C15H24FN. The van der Waals surface area contributed by atoms with E-state index in [-0.39, 0.29) is 5.83 Å². The fourth-order valence-corrected chi connectivity index (χ4v) is 2.23. The molecule has 0 saturated carbocycles. The van der Waals surface area contributed by atoms with Crippen molar-refractivity contribution in [1.82, 2.24) is 5.32 Å². The molecule has 0 radical (unpaired) electrons. The molecular weight excluding hydrogens is 213 g/mol. The van der Waals surface area contributed by atoms with Gasteiger partial charge in [-0.25, -0.2) is 4.39 Å². The zero-order valence-corrected chi connectivity index (χ0v) is 11.0. The zero-order valence-electron chi connectivity index (χ0n) is 11.0. The third kappa shape index (κ3) is 5.31. The summed E-state index contributed by atoms with van der Waals surface area (Å²) in [5.74, 6) is 0.554. The fourth-order valence-electron chi connectivity index (χ4n) is 2.23. The van der Waals surface area contributed by atoms with E-state index in [4.69, 9.17) is 0 Å². The Balaban J connectivity index is 2.62. The minimum absolute atomic E-state index is 0.0384. The van der Waals surface area contributed by atoms with Gasteiger partial charge in [0.1, 0.15) is 5.83 Å². The minimum Gasteiger partial charge on any atom is -0.320 e. The van der Waals surface area contributed by atoms with Gasteiger partial charge in [-0.15, -0.1) is 0 Å². The number of halogens is 1. The monoisotopic (exact) mass is 237 g/mol. The molecule has 2 heteroatoms. The van der Waals surface area contributed by atoms with Gasteiger partial charge in [0.25, 0.3) is 0 Å². The highest BCUT2D eigenvalue weighted by Gasteiger charge is 2.11. The molecule has 0 fully saturated rings. The van der Waals surface area contributed by atoms with Crippen molar-refractivity contribution < 1.29 is 4.39 Å². The van der Waals surface area contributed by atoms with Crippen molar-refractivity contribution in [1.29, 1.82) is 0 Å². The maximum Gasteiger partial charge on any atom is 0.104 e. The summed E-state index contributed by atoms with van der Waals surface area (Å²) < 4.78 is 13.2. The van der Waals surface area contributed by atoms with Crippen LogP contribution in [-0.2, 0) is 0 Å². The molecule has 0 amide bonds. The first-order chi connectivity index (χ1) is 8.27. The molecule has 1 N–H and O–H groups in total. The molecule has 0 saturated heterocycles. The van der Waals surface area contributed by atoms with Crippen LogP contribution in [0.5, 0.6) is 0 Å². The molecule has 0 aromatic heterocycles. The van der Waals surface area contributed by atoms with Gasteiger partial charge >= 0.3 is 0 Å². The molecule has 1 aliphatic carbocycles. The van der Waals surface area contributed by atoms with Gasteiger partial charge in [0.15, 0.2) is 0 Å². The van der Waals surface area contributed by atoms with Crippen LogP contribution in [-0.4, -0.2) is 13.6 Å². The Hall–Kier alpha value is -0.890. The van der Waals surface area contributed by atoms with Gasteiger partial charge in [-0.05, 0) is 51.3 Å². The predicted octanol–water partition coefficient (Wildman–Crippen LogP) is 4.14.